The third-order valence-corrected chi connectivity index (χ3v) is 6.44. The van der Waals surface area contributed by atoms with E-state index in [1.165, 1.54) is 12.1 Å². The van der Waals surface area contributed by atoms with E-state index in [9.17, 15) is 13.2 Å². The van der Waals surface area contributed by atoms with Gasteiger partial charge in [0.25, 0.3) is 0 Å². The molecule has 34 heavy (non-hydrogen) atoms. The van der Waals surface area contributed by atoms with Crippen LogP contribution < -0.4 is 9.47 Å². The minimum Gasteiger partial charge on any atom is -0.491 e. The Labute approximate surface area is 198 Å². The van der Waals surface area contributed by atoms with Crippen molar-refractivity contribution in [3.63, 3.8) is 0 Å². The standard InChI is InChI=1S/C28H29F3O3/c1-3-33-25-14-10-21(16-24(25)29)19-6-4-18(5-7-19)17-34-26-15-13-23(27(30)28(26)31)20-8-11-22(32-2)12-9-20/h4-7,10,13-16,20,22H,3,8-9,11-12,17H2,1-2H3. The molecule has 0 saturated heterocycles. The van der Waals surface area contributed by atoms with Crippen LogP contribution in [0.25, 0.3) is 11.1 Å². The van der Waals surface area contributed by atoms with Gasteiger partial charge in [-0.25, -0.2) is 8.78 Å². The van der Waals surface area contributed by atoms with Crippen LogP contribution in [-0.4, -0.2) is 19.8 Å². The minimum atomic E-state index is -0.951. The lowest BCUT2D eigenvalue weighted by atomic mass is 9.82. The van der Waals surface area contributed by atoms with Crippen molar-refractivity contribution in [1.29, 1.82) is 0 Å². The number of rotatable bonds is 8. The summed E-state index contributed by atoms with van der Waals surface area (Å²) < 4.78 is 59.8. The maximum Gasteiger partial charge on any atom is 0.200 e. The Morgan fingerprint density at radius 3 is 2.09 bits per heavy atom. The molecule has 180 valence electrons. The summed E-state index contributed by atoms with van der Waals surface area (Å²) in [4.78, 5) is 0. The Hall–Kier alpha value is -2.99. The van der Waals surface area contributed by atoms with Gasteiger partial charge in [0, 0.05) is 7.11 Å². The number of ether oxygens (including phenoxy) is 3. The lowest BCUT2D eigenvalue weighted by Gasteiger charge is -2.28. The zero-order chi connectivity index (χ0) is 24.1. The van der Waals surface area contributed by atoms with E-state index in [0.717, 1.165) is 42.4 Å². The van der Waals surface area contributed by atoms with Crippen LogP contribution in [-0.2, 0) is 11.3 Å². The Bertz CT molecular complexity index is 1110. The molecule has 4 rings (SSSR count). The largest absolute Gasteiger partial charge is 0.491 e. The Kier molecular flexibility index (Phi) is 7.78. The molecule has 3 aromatic rings. The summed E-state index contributed by atoms with van der Waals surface area (Å²) >= 11 is 0. The highest BCUT2D eigenvalue weighted by Crippen LogP contribution is 2.37. The summed E-state index contributed by atoms with van der Waals surface area (Å²) in [5, 5.41) is 0. The zero-order valence-corrected chi connectivity index (χ0v) is 19.5. The molecular weight excluding hydrogens is 441 g/mol. The fourth-order valence-electron chi connectivity index (χ4n) is 4.49. The van der Waals surface area contributed by atoms with Gasteiger partial charge in [-0.2, -0.15) is 4.39 Å². The molecule has 0 amide bonds. The fourth-order valence-corrected chi connectivity index (χ4v) is 4.49. The summed E-state index contributed by atoms with van der Waals surface area (Å²) in [6.45, 7) is 2.29. The second kappa shape index (κ2) is 11.0. The van der Waals surface area contributed by atoms with Crippen LogP contribution >= 0.6 is 0 Å². The normalized spacial score (nSPS) is 18.0. The molecule has 0 N–H and O–H groups in total. The molecule has 0 heterocycles. The van der Waals surface area contributed by atoms with Crippen molar-refractivity contribution in [3.05, 3.63) is 83.2 Å². The Balaban J connectivity index is 1.40. The predicted molar refractivity (Wildman–Crippen MR) is 126 cm³/mol. The van der Waals surface area contributed by atoms with E-state index in [1.807, 2.05) is 24.3 Å². The fraction of sp³-hybridized carbons (Fsp3) is 0.357. The SMILES string of the molecule is CCOc1ccc(-c2ccc(COc3ccc(C4CCC(OC)CC4)c(F)c3F)cc2)cc1F. The van der Waals surface area contributed by atoms with E-state index < -0.39 is 17.5 Å². The van der Waals surface area contributed by atoms with E-state index in [4.69, 9.17) is 14.2 Å². The zero-order valence-electron chi connectivity index (χ0n) is 19.5. The quantitative estimate of drug-likeness (QED) is 0.343. The molecule has 6 heteroatoms. The summed E-state index contributed by atoms with van der Waals surface area (Å²) in [7, 11) is 1.69. The summed E-state index contributed by atoms with van der Waals surface area (Å²) in [5.74, 6) is -2.09. The van der Waals surface area contributed by atoms with Crippen molar-refractivity contribution >= 4 is 0 Å². The van der Waals surface area contributed by atoms with Gasteiger partial charge in [-0.05, 0) is 79.0 Å². The third-order valence-electron chi connectivity index (χ3n) is 6.44. The number of hydrogen-bond donors (Lipinski definition) is 0. The van der Waals surface area contributed by atoms with Gasteiger partial charge in [-0.1, -0.05) is 36.4 Å². The molecule has 3 nitrogen and oxygen atoms in total. The third kappa shape index (κ3) is 5.39. The van der Waals surface area contributed by atoms with E-state index in [-0.39, 0.29) is 30.1 Å². The minimum absolute atomic E-state index is 0.00469. The van der Waals surface area contributed by atoms with Crippen LogP contribution in [0.1, 0.15) is 49.7 Å². The smallest absolute Gasteiger partial charge is 0.200 e. The van der Waals surface area contributed by atoms with E-state index >= 15 is 0 Å². The average molecular weight is 471 g/mol. The van der Waals surface area contributed by atoms with Crippen LogP contribution in [0.4, 0.5) is 13.2 Å². The summed E-state index contributed by atoms with van der Waals surface area (Å²) in [6, 6.07) is 15.3. The van der Waals surface area contributed by atoms with Gasteiger partial charge in [0.05, 0.1) is 12.7 Å². The lowest BCUT2D eigenvalue weighted by molar-refractivity contribution is 0.0654. The maximum atomic E-state index is 14.8. The summed E-state index contributed by atoms with van der Waals surface area (Å²) in [6.07, 6.45) is 3.45. The van der Waals surface area contributed by atoms with Gasteiger partial charge in [-0.3, -0.25) is 0 Å². The molecule has 0 atom stereocenters. The lowest BCUT2D eigenvalue weighted by Crippen LogP contribution is -2.20. The molecule has 1 aliphatic carbocycles. The first kappa shape index (κ1) is 24.1. The first-order valence-corrected chi connectivity index (χ1v) is 11.6. The van der Waals surface area contributed by atoms with Crippen LogP contribution in [0.5, 0.6) is 11.5 Å². The topological polar surface area (TPSA) is 27.7 Å². The first-order valence-electron chi connectivity index (χ1n) is 11.6. The monoisotopic (exact) mass is 470 g/mol. The predicted octanol–water partition coefficient (Wildman–Crippen LogP) is 7.42. The highest BCUT2D eigenvalue weighted by Gasteiger charge is 2.26. The number of hydrogen-bond acceptors (Lipinski definition) is 3. The van der Waals surface area contributed by atoms with Crippen molar-refractivity contribution in [1.82, 2.24) is 0 Å². The van der Waals surface area contributed by atoms with Gasteiger partial charge in [0.2, 0.25) is 5.82 Å². The van der Waals surface area contributed by atoms with E-state index in [2.05, 4.69) is 0 Å². The Morgan fingerprint density at radius 2 is 1.44 bits per heavy atom. The van der Waals surface area contributed by atoms with Crippen molar-refractivity contribution < 1.29 is 27.4 Å². The van der Waals surface area contributed by atoms with Crippen LogP contribution in [0.3, 0.4) is 0 Å². The van der Waals surface area contributed by atoms with Crippen LogP contribution in [0, 0.1) is 17.5 Å². The molecule has 0 aliphatic heterocycles. The first-order chi connectivity index (χ1) is 16.5. The van der Waals surface area contributed by atoms with E-state index in [1.54, 1.807) is 32.2 Å². The second-order valence-electron chi connectivity index (χ2n) is 8.55. The molecule has 0 spiro atoms. The van der Waals surface area contributed by atoms with Crippen LogP contribution in [0.2, 0.25) is 0 Å². The van der Waals surface area contributed by atoms with Crippen LogP contribution in [0.15, 0.2) is 54.6 Å². The van der Waals surface area contributed by atoms with Gasteiger partial charge in [0.15, 0.2) is 23.1 Å². The van der Waals surface area contributed by atoms with Crippen molar-refractivity contribution in [2.24, 2.45) is 0 Å². The van der Waals surface area contributed by atoms with Gasteiger partial charge in [-0.15, -0.1) is 0 Å². The Morgan fingerprint density at radius 1 is 0.765 bits per heavy atom. The second-order valence-corrected chi connectivity index (χ2v) is 8.55. The van der Waals surface area contributed by atoms with Gasteiger partial charge in [0.1, 0.15) is 6.61 Å². The molecular formula is C28H29F3O3. The molecule has 0 radical (unpaired) electrons. The number of benzene rings is 3. The molecule has 0 bridgehead atoms. The van der Waals surface area contributed by atoms with Gasteiger partial charge >= 0.3 is 0 Å². The molecule has 1 aliphatic rings. The molecule has 0 aromatic heterocycles. The number of halogens is 3. The molecule has 0 unspecified atom stereocenters. The van der Waals surface area contributed by atoms with Crippen molar-refractivity contribution in [2.75, 3.05) is 13.7 Å². The summed E-state index contributed by atoms with van der Waals surface area (Å²) in [5.41, 5.74) is 2.75. The maximum absolute atomic E-state index is 14.8. The highest BCUT2D eigenvalue weighted by molar-refractivity contribution is 5.64. The van der Waals surface area contributed by atoms with Crippen molar-refractivity contribution in [3.8, 4) is 22.6 Å². The van der Waals surface area contributed by atoms with Gasteiger partial charge < -0.3 is 14.2 Å². The molecule has 1 fully saturated rings. The highest BCUT2D eigenvalue weighted by atomic mass is 19.2. The molecule has 1 saturated carbocycles. The van der Waals surface area contributed by atoms with E-state index in [0.29, 0.717) is 12.2 Å². The average Bonchev–Trinajstić information content (AvgIpc) is 2.87. The molecule has 3 aromatic carbocycles. The van der Waals surface area contributed by atoms with Crippen molar-refractivity contribution in [2.45, 2.75) is 51.2 Å². The number of methoxy groups -OCH3 is 1.